The van der Waals surface area contributed by atoms with E-state index in [4.69, 9.17) is 0 Å². The number of nitrogens with one attached hydrogen (secondary N) is 4. The van der Waals surface area contributed by atoms with Crippen LogP contribution in [0.3, 0.4) is 0 Å². The van der Waals surface area contributed by atoms with Gasteiger partial charge in [0.15, 0.2) is 0 Å². The summed E-state index contributed by atoms with van der Waals surface area (Å²) in [4.78, 5) is 31.7. The van der Waals surface area contributed by atoms with Crippen molar-refractivity contribution in [2.45, 2.75) is 64.0 Å². The Bertz CT molecular complexity index is 734. The second kappa shape index (κ2) is 9.39. The molecule has 146 valence electrons. The first-order valence-electron chi connectivity index (χ1n) is 9.90. The third kappa shape index (κ3) is 5.70. The molecule has 1 fully saturated rings. The Morgan fingerprint density at radius 1 is 1.22 bits per heavy atom. The minimum Gasteiger partial charge on any atom is -0.346 e. The van der Waals surface area contributed by atoms with Gasteiger partial charge in [-0.2, -0.15) is 0 Å². The first kappa shape index (κ1) is 19.2. The molecule has 1 aromatic carbocycles. The van der Waals surface area contributed by atoms with Crippen molar-refractivity contribution in [3.8, 4) is 0 Å². The van der Waals surface area contributed by atoms with E-state index in [2.05, 4.69) is 25.9 Å². The summed E-state index contributed by atoms with van der Waals surface area (Å²) >= 11 is 0. The number of carbonyl (C=O) groups is 2. The van der Waals surface area contributed by atoms with E-state index in [0.29, 0.717) is 25.4 Å². The topological polar surface area (TPSA) is 98.9 Å². The van der Waals surface area contributed by atoms with Crippen LogP contribution in [0.2, 0.25) is 0 Å². The Hall–Kier alpha value is -2.57. The van der Waals surface area contributed by atoms with Crippen LogP contribution in [-0.2, 0) is 4.79 Å². The molecular weight excluding hydrogens is 342 g/mol. The molecular formula is C20H29N5O2. The highest BCUT2D eigenvalue weighted by molar-refractivity contribution is 5.78. The fourth-order valence-corrected chi connectivity index (χ4v) is 3.49. The quantitative estimate of drug-likeness (QED) is 0.563. The number of fused-ring (bicyclic) bond motifs is 1. The predicted octanol–water partition coefficient (Wildman–Crippen LogP) is 3.15. The summed E-state index contributed by atoms with van der Waals surface area (Å²) in [5, 5.41) is 8.80. The van der Waals surface area contributed by atoms with Gasteiger partial charge in [0.2, 0.25) is 5.91 Å². The van der Waals surface area contributed by atoms with E-state index in [1.165, 1.54) is 19.3 Å². The van der Waals surface area contributed by atoms with Gasteiger partial charge in [-0.3, -0.25) is 4.79 Å². The predicted molar refractivity (Wildman–Crippen MR) is 105 cm³/mol. The SMILES string of the molecule is C[C@H](NC(=O)CCCNC(=O)NC1CCCCC1)c1nc2ccccc2[nH]1. The smallest absolute Gasteiger partial charge is 0.315 e. The monoisotopic (exact) mass is 371 g/mol. The molecule has 7 heteroatoms. The van der Waals surface area contributed by atoms with Crippen molar-refractivity contribution < 1.29 is 9.59 Å². The zero-order valence-corrected chi connectivity index (χ0v) is 15.9. The molecule has 7 nitrogen and oxygen atoms in total. The van der Waals surface area contributed by atoms with E-state index in [9.17, 15) is 9.59 Å². The number of benzene rings is 1. The van der Waals surface area contributed by atoms with Gasteiger partial charge in [0.1, 0.15) is 5.82 Å². The van der Waals surface area contributed by atoms with Crippen molar-refractivity contribution >= 4 is 23.0 Å². The molecule has 2 aromatic rings. The molecule has 0 bridgehead atoms. The molecule has 3 rings (SSSR count). The number of imidazole rings is 1. The van der Waals surface area contributed by atoms with Crippen LogP contribution in [0, 0.1) is 0 Å². The number of para-hydroxylation sites is 2. The van der Waals surface area contributed by atoms with Crippen molar-refractivity contribution in [3.05, 3.63) is 30.1 Å². The standard InChI is InChI=1S/C20H29N5O2/c1-14(19-24-16-10-5-6-11-17(16)25-19)22-18(26)12-7-13-21-20(27)23-15-8-3-2-4-9-15/h5-6,10-11,14-15H,2-4,7-9,12-13H2,1H3,(H,22,26)(H,24,25)(H2,21,23,27)/t14-/m0/s1. The lowest BCUT2D eigenvalue weighted by atomic mass is 9.96. The molecule has 0 unspecified atom stereocenters. The van der Waals surface area contributed by atoms with Crippen LogP contribution in [0.15, 0.2) is 24.3 Å². The van der Waals surface area contributed by atoms with Gasteiger partial charge in [-0.25, -0.2) is 9.78 Å². The van der Waals surface area contributed by atoms with Gasteiger partial charge in [0, 0.05) is 19.0 Å². The van der Waals surface area contributed by atoms with Gasteiger partial charge in [0.25, 0.3) is 0 Å². The number of amides is 3. The Kier molecular flexibility index (Phi) is 6.68. The van der Waals surface area contributed by atoms with E-state index in [-0.39, 0.29) is 18.0 Å². The van der Waals surface area contributed by atoms with E-state index in [1.54, 1.807) is 0 Å². The number of rotatable bonds is 7. The number of urea groups is 1. The van der Waals surface area contributed by atoms with Gasteiger partial charge >= 0.3 is 6.03 Å². The van der Waals surface area contributed by atoms with Crippen LogP contribution in [0.1, 0.15) is 63.7 Å². The molecule has 1 aromatic heterocycles. The lowest BCUT2D eigenvalue weighted by Gasteiger charge is -2.22. The normalized spacial score (nSPS) is 16.0. The van der Waals surface area contributed by atoms with Gasteiger partial charge in [-0.05, 0) is 38.3 Å². The molecule has 1 heterocycles. The number of carbonyl (C=O) groups excluding carboxylic acids is 2. The van der Waals surface area contributed by atoms with E-state index >= 15 is 0 Å². The average Bonchev–Trinajstić information content (AvgIpc) is 3.10. The molecule has 27 heavy (non-hydrogen) atoms. The number of nitrogens with zero attached hydrogens (tertiary/aromatic N) is 1. The van der Waals surface area contributed by atoms with E-state index in [0.717, 1.165) is 29.7 Å². The maximum atomic E-state index is 12.1. The summed E-state index contributed by atoms with van der Waals surface area (Å²) < 4.78 is 0. The molecule has 1 atom stereocenters. The Morgan fingerprint density at radius 2 is 2.00 bits per heavy atom. The lowest BCUT2D eigenvalue weighted by Crippen LogP contribution is -2.43. The lowest BCUT2D eigenvalue weighted by molar-refractivity contribution is -0.121. The van der Waals surface area contributed by atoms with Crippen LogP contribution >= 0.6 is 0 Å². The van der Waals surface area contributed by atoms with Crippen LogP contribution in [0.5, 0.6) is 0 Å². The first-order valence-corrected chi connectivity index (χ1v) is 9.90. The van der Waals surface area contributed by atoms with Crippen LogP contribution in [0.4, 0.5) is 4.79 Å². The summed E-state index contributed by atoms with van der Waals surface area (Å²) in [6.07, 6.45) is 6.75. The molecule has 0 radical (unpaired) electrons. The Labute approximate surface area is 159 Å². The highest BCUT2D eigenvalue weighted by atomic mass is 16.2. The largest absolute Gasteiger partial charge is 0.346 e. The molecule has 4 N–H and O–H groups in total. The molecule has 0 saturated heterocycles. The summed E-state index contributed by atoms with van der Waals surface area (Å²) in [5.74, 6) is 0.701. The summed E-state index contributed by atoms with van der Waals surface area (Å²) in [6.45, 7) is 2.40. The number of aromatic nitrogens is 2. The molecule has 0 aliphatic heterocycles. The Morgan fingerprint density at radius 3 is 2.78 bits per heavy atom. The third-order valence-electron chi connectivity index (χ3n) is 5.00. The second-order valence-corrected chi connectivity index (χ2v) is 7.27. The van der Waals surface area contributed by atoms with E-state index in [1.807, 2.05) is 31.2 Å². The minimum absolute atomic E-state index is 0.0440. The molecule has 1 aliphatic rings. The number of hydrogen-bond acceptors (Lipinski definition) is 3. The van der Waals surface area contributed by atoms with Crippen molar-refractivity contribution in [2.24, 2.45) is 0 Å². The summed E-state index contributed by atoms with van der Waals surface area (Å²) in [6, 6.07) is 7.77. The number of H-pyrrole nitrogens is 1. The fraction of sp³-hybridized carbons (Fsp3) is 0.550. The molecule has 3 amide bonds. The number of aromatic amines is 1. The number of hydrogen-bond donors (Lipinski definition) is 4. The summed E-state index contributed by atoms with van der Waals surface area (Å²) in [5.41, 5.74) is 1.85. The van der Waals surface area contributed by atoms with Gasteiger partial charge in [0.05, 0.1) is 17.1 Å². The highest BCUT2D eigenvalue weighted by Crippen LogP contribution is 2.17. The maximum absolute atomic E-state index is 12.1. The summed E-state index contributed by atoms with van der Waals surface area (Å²) in [7, 11) is 0. The second-order valence-electron chi connectivity index (χ2n) is 7.27. The zero-order valence-electron chi connectivity index (χ0n) is 15.9. The maximum Gasteiger partial charge on any atom is 0.315 e. The minimum atomic E-state index is -0.188. The van der Waals surface area contributed by atoms with Crippen molar-refractivity contribution in [1.82, 2.24) is 25.9 Å². The zero-order chi connectivity index (χ0) is 19.1. The van der Waals surface area contributed by atoms with Gasteiger partial charge < -0.3 is 20.9 Å². The van der Waals surface area contributed by atoms with E-state index < -0.39 is 0 Å². The molecule has 1 saturated carbocycles. The highest BCUT2D eigenvalue weighted by Gasteiger charge is 2.16. The van der Waals surface area contributed by atoms with Crippen LogP contribution < -0.4 is 16.0 Å². The van der Waals surface area contributed by atoms with Crippen LogP contribution in [-0.4, -0.2) is 34.5 Å². The molecule has 1 aliphatic carbocycles. The average molecular weight is 371 g/mol. The van der Waals surface area contributed by atoms with Crippen LogP contribution in [0.25, 0.3) is 11.0 Å². The van der Waals surface area contributed by atoms with Gasteiger partial charge in [-0.15, -0.1) is 0 Å². The van der Waals surface area contributed by atoms with Crippen molar-refractivity contribution in [1.29, 1.82) is 0 Å². The van der Waals surface area contributed by atoms with Crippen molar-refractivity contribution in [2.75, 3.05) is 6.54 Å². The first-order chi connectivity index (χ1) is 13.1. The third-order valence-corrected chi connectivity index (χ3v) is 5.00. The fourth-order valence-electron chi connectivity index (χ4n) is 3.49. The Balaban J connectivity index is 1.33. The van der Waals surface area contributed by atoms with Gasteiger partial charge in [-0.1, -0.05) is 31.4 Å². The molecule has 0 spiro atoms. The van der Waals surface area contributed by atoms with Crippen molar-refractivity contribution in [3.63, 3.8) is 0 Å².